The minimum atomic E-state index is -0.440. The molecule has 40 heavy (non-hydrogen) atoms. The number of benzene rings is 6. The normalized spacial score (nSPS) is 13.0. The highest BCUT2D eigenvalue weighted by Crippen LogP contribution is 2.56. The van der Waals surface area contributed by atoms with Crippen LogP contribution in [0.1, 0.15) is 27.8 Å². The van der Waals surface area contributed by atoms with Gasteiger partial charge >= 0.3 is 0 Å². The van der Waals surface area contributed by atoms with Crippen LogP contribution in [0.3, 0.4) is 0 Å². The third-order valence-electron chi connectivity index (χ3n) is 8.28. The SMILES string of the molecule is NCc1cccc(-c2ccc(N)cc2-c2cccc(C3(c4ccccc4)c4ccccc4-c4ccccc43)c2)c1. The van der Waals surface area contributed by atoms with Crippen molar-refractivity contribution in [3.8, 4) is 33.4 Å². The van der Waals surface area contributed by atoms with Gasteiger partial charge in [0.15, 0.2) is 0 Å². The largest absolute Gasteiger partial charge is 0.399 e. The molecule has 0 bridgehead atoms. The molecule has 2 heteroatoms. The van der Waals surface area contributed by atoms with Gasteiger partial charge in [0.2, 0.25) is 0 Å². The first-order chi connectivity index (χ1) is 19.7. The summed E-state index contributed by atoms with van der Waals surface area (Å²) in [6, 6.07) is 52.3. The molecule has 0 atom stereocenters. The second kappa shape index (κ2) is 9.68. The average molecular weight is 515 g/mol. The highest BCUT2D eigenvalue weighted by Gasteiger charge is 2.45. The van der Waals surface area contributed by atoms with Crippen LogP contribution in [0.15, 0.2) is 146 Å². The van der Waals surface area contributed by atoms with Crippen LogP contribution in [0.4, 0.5) is 5.69 Å². The summed E-state index contributed by atoms with van der Waals surface area (Å²) in [5, 5.41) is 0. The van der Waals surface area contributed by atoms with Crippen molar-refractivity contribution in [1.82, 2.24) is 0 Å². The molecule has 0 saturated heterocycles. The molecule has 0 aromatic heterocycles. The summed E-state index contributed by atoms with van der Waals surface area (Å²) < 4.78 is 0. The van der Waals surface area contributed by atoms with Crippen molar-refractivity contribution in [3.63, 3.8) is 0 Å². The number of hydrogen-bond acceptors (Lipinski definition) is 2. The summed E-state index contributed by atoms with van der Waals surface area (Å²) in [6.07, 6.45) is 0. The Morgan fingerprint density at radius 2 is 1.05 bits per heavy atom. The standard InChI is InChI=1S/C38H30N2/c39-25-26-10-8-11-27(22-26)32-21-20-31(40)24-35(32)28-12-9-15-30(23-28)38(29-13-2-1-3-14-29)36-18-6-4-16-33(36)34-17-5-7-19-37(34)38/h1-24H,25,39-40H2. The van der Waals surface area contributed by atoms with Gasteiger partial charge in [-0.15, -0.1) is 0 Å². The Morgan fingerprint density at radius 1 is 0.450 bits per heavy atom. The molecule has 0 unspecified atom stereocenters. The van der Waals surface area contributed by atoms with Gasteiger partial charge in [-0.25, -0.2) is 0 Å². The Balaban J connectivity index is 1.51. The Kier molecular flexibility index (Phi) is 5.84. The summed E-state index contributed by atoms with van der Waals surface area (Å²) in [6.45, 7) is 0.506. The molecule has 4 N–H and O–H groups in total. The maximum atomic E-state index is 6.38. The summed E-state index contributed by atoms with van der Waals surface area (Å²) in [7, 11) is 0. The van der Waals surface area contributed by atoms with Crippen LogP contribution in [0.5, 0.6) is 0 Å². The molecule has 0 spiro atoms. The van der Waals surface area contributed by atoms with Crippen molar-refractivity contribution in [2.75, 3.05) is 5.73 Å². The predicted molar refractivity (Wildman–Crippen MR) is 167 cm³/mol. The van der Waals surface area contributed by atoms with Gasteiger partial charge in [0, 0.05) is 12.2 Å². The van der Waals surface area contributed by atoms with Crippen molar-refractivity contribution in [2.45, 2.75) is 12.0 Å². The molecule has 6 aromatic rings. The molecule has 0 radical (unpaired) electrons. The fraction of sp³-hybridized carbons (Fsp3) is 0.0526. The van der Waals surface area contributed by atoms with E-state index in [1.54, 1.807) is 0 Å². The molecule has 0 heterocycles. The van der Waals surface area contributed by atoms with Crippen molar-refractivity contribution >= 4 is 5.69 Å². The smallest absolute Gasteiger partial charge is 0.0713 e. The molecule has 192 valence electrons. The maximum Gasteiger partial charge on any atom is 0.0713 e. The Bertz CT molecular complexity index is 1810. The quantitative estimate of drug-likeness (QED) is 0.227. The molecular formula is C38H30N2. The van der Waals surface area contributed by atoms with E-state index in [1.807, 2.05) is 6.07 Å². The predicted octanol–water partition coefficient (Wildman–Crippen LogP) is 8.42. The number of hydrogen-bond donors (Lipinski definition) is 2. The molecule has 0 amide bonds. The van der Waals surface area contributed by atoms with Crippen molar-refractivity contribution in [3.05, 3.63) is 173 Å². The minimum Gasteiger partial charge on any atom is -0.399 e. The minimum absolute atomic E-state index is 0.440. The zero-order valence-electron chi connectivity index (χ0n) is 22.2. The van der Waals surface area contributed by atoms with E-state index in [1.165, 1.54) is 33.4 Å². The molecule has 6 aromatic carbocycles. The highest BCUT2D eigenvalue weighted by atomic mass is 14.5. The van der Waals surface area contributed by atoms with Gasteiger partial charge < -0.3 is 11.5 Å². The van der Waals surface area contributed by atoms with Gasteiger partial charge in [0.05, 0.1) is 5.41 Å². The second-order valence-corrected chi connectivity index (χ2v) is 10.5. The molecule has 1 aliphatic carbocycles. The van der Waals surface area contributed by atoms with E-state index in [9.17, 15) is 0 Å². The van der Waals surface area contributed by atoms with Crippen LogP contribution in [-0.4, -0.2) is 0 Å². The van der Waals surface area contributed by atoms with Crippen LogP contribution in [0, 0.1) is 0 Å². The lowest BCUT2D eigenvalue weighted by Crippen LogP contribution is -2.28. The van der Waals surface area contributed by atoms with Gasteiger partial charge in [0.1, 0.15) is 0 Å². The third kappa shape index (κ3) is 3.69. The van der Waals surface area contributed by atoms with Gasteiger partial charge in [-0.2, -0.15) is 0 Å². The Morgan fingerprint density at radius 3 is 1.75 bits per heavy atom. The number of rotatable bonds is 5. The Labute approximate surface area is 235 Å². The van der Waals surface area contributed by atoms with Crippen molar-refractivity contribution in [2.24, 2.45) is 5.73 Å². The lowest BCUT2D eigenvalue weighted by atomic mass is 9.67. The van der Waals surface area contributed by atoms with Crippen LogP contribution in [-0.2, 0) is 12.0 Å². The van der Waals surface area contributed by atoms with E-state index < -0.39 is 5.41 Å². The van der Waals surface area contributed by atoms with E-state index >= 15 is 0 Å². The van der Waals surface area contributed by atoms with Gasteiger partial charge in [-0.1, -0.05) is 121 Å². The van der Waals surface area contributed by atoms with Gasteiger partial charge in [-0.05, 0) is 85.5 Å². The first-order valence-corrected chi connectivity index (χ1v) is 13.7. The van der Waals surface area contributed by atoms with Crippen molar-refractivity contribution in [1.29, 1.82) is 0 Å². The van der Waals surface area contributed by atoms with Gasteiger partial charge in [0.25, 0.3) is 0 Å². The third-order valence-corrected chi connectivity index (χ3v) is 8.28. The average Bonchev–Trinajstić information content (AvgIpc) is 3.33. The fourth-order valence-corrected chi connectivity index (χ4v) is 6.55. The topological polar surface area (TPSA) is 52.0 Å². The lowest BCUT2D eigenvalue weighted by molar-refractivity contribution is 0.769. The van der Waals surface area contributed by atoms with E-state index in [0.29, 0.717) is 6.54 Å². The number of anilines is 1. The fourth-order valence-electron chi connectivity index (χ4n) is 6.55. The summed E-state index contributed by atoms with van der Waals surface area (Å²) in [5.41, 5.74) is 26.0. The molecule has 7 rings (SSSR count). The second-order valence-electron chi connectivity index (χ2n) is 10.5. The van der Waals surface area contributed by atoms with E-state index in [0.717, 1.165) is 33.5 Å². The number of nitrogen functional groups attached to an aromatic ring is 1. The van der Waals surface area contributed by atoms with Crippen LogP contribution in [0.2, 0.25) is 0 Å². The molecule has 1 aliphatic rings. The van der Waals surface area contributed by atoms with Crippen LogP contribution >= 0.6 is 0 Å². The highest BCUT2D eigenvalue weighted by molar-refractivity contribution is 5.89. The summed E-state index contributed by atoms with van der Waals surface area (Å²) in [5.74, 6) is 0. The first kappa shape index (κ1) is 24.1. The van der Waals surface area contributed by atoms with Crippen molar-refractivity contribution < 1.29 is 0 Å². The molecular weight excluding hydrogens is 484 g/mol. The molecule has 2 nitrogen and oxygen atoms in total. The zero-order valence-corrected chi connectivity index (χ0v) is 22.2. The van der Waals surface area contributed by atoms with Gasteiger partial charge in [-0.3, -0.25) is 0 Å². The molecule has 0 fully saturated rings. The number of nitrogens with two attached hydrogens (primary N) is 2. The number of fused-ring (bicyclic) bond motifs is 3. The Hall–Kier alpha value is -4.92. The van der Waals surface area contributed by atoms with Crippen LogP contribution < -0.4 is 11.5 Å². The van der Waals surface area contributed by atoms with E-state index in [2.05, 4.69) is 140 Å². The van der Waals surface area contributed by atoms with E-state index in [-0.39, 0.29) is 0 Å². The summed E-state index contributed by atoms with van der Waals surface area (Å²) >= 11 is 0. The molecule has 0 saturated carbocycles. The molecule has 0 aliphatic heterocycles. The van der Waals surface area contributed by atoms with Crippen LogP contribution in [0.25, 0.3) is 33.4 Å². The summed E-state index contributed by atoms with van der Waals surface area (Å²) in [4.78, 5) is 0. The monoisotopic (exact) mass is 514 g/mol. The first-order valence-electron chi connectivity index (χ1n) is 13.7. The zero-order chi connectivity index (χ0) is 27.1. The maximum absolute atomic E-state index is 6.38. The lowest BCUT2D eigenvalue weighted by Gasteiger charge is -2.34. The van der Waals surface area contributed by atoms with E-state index in [4.69, 9.17) is 11.5 Å².